The number of fused-ring (bicyclic) bond motifs is 2. The van der Waals surface area contributed by atoms with E-state index in [1.165, 1.54) is 17.8 Å². The molecule has 0 spiro atoms. The highest BCUT2D eigenvalue weighted by molar-refractivity contribution is 5.89. The van der Waals surface area contributed by atoms with Crippen LogP contribution in [0.2, 0.25) is 0 Å². The van der Waals surface area contributed by atoms with E-state index >= 15 is 4.39 Å². The Morgan fingerprint density at radius 2 is 2.05 bits per heavy atom. The molecule has 2 fully saturated rings. The van der Waals surface area contributed by atoms with Gasteiger partial charge in [-0.2, -0.15) is 4.98 Å². The highest BCUT2D eigenvalue weighted by atomic mass is 19.1. The summed E-state index contributed by atoms with van der Waals surface area (Å²) in [6.07, 6.45) is 0.583. The number of rotatable bonds is 8. The second kappa shape index (κ2) is 9.98. The second-order valence-electron chi connectivity index (χ2n) is 9.53. The van der Waals surface area contributed by atoms with Crippen LogP contribution in [-0.4, -0.2) is 99.5 Å². The van der Waals surface area contributed by atoms with Crippen molar-refractivity contribution in [3.8, 4) is 17.0 Å². The van der Waals surface area contributed by atoms with Gasteiger partial charge < -0.3 is 14.8 Å². The number of aromatic nitrogens is 6. The van der Waals surface area contributed by atoms with Gasteiger partial charge in [0.1, 0.15) is 36.6 Å². The van der Waals surface area contributed by atoms with Crippen LogP contribution in [-0.2, 0) is 4.74 Å². The number of nitrogens with zero attached hydrogens (tertiary/aromatic N) is 7. The van der Waals surface area contributed by atoms with Gasteiger partial charge in [0.15, 0.2) is 5.82 Å². The van der Waals surface area contributed by atoms with E-state index in [2.05, 4.69) is 30.6 Å². The topological polar surface area (TPSA) is 94.6 Å². The zero-order valence-corrected chi connectivity index (χ0v) is 20.5. The first kappa shape index (κ1) is 24.8. The Balaban J connectivity index is 1.33. The molecule has 0 unspecified atom stereocenters. The lowest BCUT2D eigenvalue weighted by atomic mass is 10.0. The number of benzene rings is 1. The van der Waals surface area contributed by atoms with Gasteiger partial charge in [0, 0.05) is 13.1 Å². The van der Waals surface area contributed by atoms with Gasteiger partial charge in [-0.3, -0.25) is 4.90 Å². The molecule has 0 bridgehead atoms. The molecule has 5 heterocycles. The zero-order valence-electron chi connectivity index (χ0n) is 20.5. The third-order valence-electron chi connectivity index (χ3n) is 7.23. The standard InChI is InChI=1S/C24H26F4N8O2/c1-37-23-22-21(13-2-3-19-20(6-13)36(33-31-19)14(7-25)8-26)17(28)10-35(22)32-24(30-23)29-18-4-5-34(9-16(18)27)15-11-38-12-15/h2-3,6,10,14-16,18H,4-5,7-9,11-12H2,1H3,(H,29,32)/t16-,18+/m1/s1. The van der Waals surface area contributed by atoms with Crippen LogP contribution >= 0.6 is 0 Å². The molecule has 14 heteroatoms. The maximum Gasteiger partial charge on any atom is 0.244 e. The molecular formula is C24H26F4N8O2. The summed E-state index contributed by atoms with van der Waals surface area (Å²) in [5.41, 5.74) is 1.55. The van der Waals surface area contributed by atoms with E-state index in [1.807, 2.05) is 0 Å². The third kappa shape index (κ3) is 4.21. The van der Waals surface area contributed by atoms with Crippen LogP contribution in [0.15, 0.2) is 24.4 Å². The number of anilines is 1. The van der Waals surface area contributed by atoms with E-state index in [0.717, 1.165) is 4.68 Å². The summed E-state index contributed by atoms with van der Waals surface area (Å²) in [5, 5.41) is 15.2. The summed E-state index contributed by atoms with van der Waals surface area (Å²) < 4.78 is 70.1. The zero-order chi connectivity index (χ0) is 26.4. The lowest BCUT2D eigenvalue weighted by molar-refractivity contribution is -0.0794. The molecule has 6 rings (SSSR count). The van der Waals surface area contributed by atoms with Crippen molar-refractivity contribution >= 4 is 22.5 Å². The average molecular weight is 535 g/mol. The molecular weight excluding hydrogens is 508 g/mol. The third-order valence-corrected chi connectivity index (χ3v) is 7.23. The van der Waals surface area contributed by atoms with Gasteiger partial charge in [-0.05, 0) is 24.1 Å². The van der Waals surface area contributed by atoms with Crippen LogP contribution in [0.4, 0.5) is 23.5 Å². The quantitative estimate of drug-likeness (QED) is 0.345. The number of piperidine rings is 1. The highest BCUT2D eigenvalue weighted by Gasteiger charge is 2.36. The fourth-order valence-corrected chi connectivity index (χ4v) is 5.06. The van der Waals surface area contributed by atoms with Crippen molar-refractivity contribution < 1.29 is 27.0 Å². The van der Waals surface area contributed by atoms with Crippen molar-refractivity contribution in [3.05, 3.63) is 30.2 Å². The van der Waals surface area contributed by atoms with Gasteiger partial charge in [0.25, 0.3) is 0 Å². The number of likely N-dealkylation sites (tertiary alicyclic amines) is 1. The molecule has 38 heavy (non-hydrogen) atoms. The molecule has 1 aromatic carbocycles. The molecule has 0 saturated carbocycles. The van der Waals surface area contributed by atoms with Crippen molar-refractivity contribution in [1.29, 1.82) is 0 Å². The normalized spacial score (nSPS) is 20.9. The van der Waals surface area contributed by atoms with E-state index in [0.29, 0.717) is 42.8 Å². The summed E-state index contributed by atoms with van der Waals surface area (Å²) in [5.74, 6) is -0.423. The lowest BCUT2D eigenvalue weighted by Gasteiger charge is -2.42. The second-order valence-corrected chi connectivity index (χ2v) is 9.53. The molecule has 3 aromatic heterocycles. The van der Waals surface area contributed by atoms with Crippen molar-refractivity contribution in [2.75, 3.05) is 52.1 Å². The van der Waals surface area contributed by atoms with Crippen molar-refractivity contribution in [2.45, 2.75) is 30.7 Å². The van der Waals surface area contributed by atoms with Gasteiger partial charge in [-0.1, -0.05) is 11.3 Å². The minimum atomic E-state index is -1.14. The van der Waals surface area contributed by atoms with Crippen LogP contribution in [0.5, 0.6) is 5.88 Å². The maximum atomic E-state index is 15.3. The molecule has 0 aliphatic carbocycles. The van der Waals surface area contributed by atoms with Gasteiger partial charge >= 0.3 is 0 Å². The molecule has 1 N–H and O–H groups in total. The molecule has 2 saturated heterocycles. The molecule has 2 aliphatic rings. The minimum absolute atomic E-state index is 0.0815. The molecule has 2 aliphatic heterocycles. The van der Waals surface area contributed by atoms with Crippen LogP contribution in [0.25, 0.3) is 27.7 Å². The summed E-state index contributed by atoms with van der Waals surface area (Å²) in [7, 11) is 1.40. The summed E-state index contributed by atoms with van der Waals surface area (Å²) in [6.45, 7) is 0.324. The van der Waals surface area contributed by atoms with Crippen molar-refractivity contribution in [3.63, 3.8) is 0 Å². The minimum Gasteiger partial charge on any atom is -0.479 e. The molecule has 0 amide bonds. The lowest BCUT2D eigenvalue weighted by Crippen LogP contribution is -2.57. The number of halogens is 4. The first-order chi connectivity index (χ1) is 18.5. The Labute approximate surface area is 214 Å². The van der Waals surface area contributed by atoms with E-state index in [4.69, 9.17) is 9.47 Å². The van der Waals surface area contributed by atoms with E-state index in [9.17, 15) is 13.2 Å². The predicted octanol–water partition coefficient (Wildman–Crippen LogP) is 2.99. The van der Waals surface area contributed by atoms with E-state index in [-0.39, 0.29) is 35.5 Å². The fourth-order valence-electron chi connectivity index (χ4n) is 5.06. The van der Waals surface area contributed by atoms with Crippen LogP contribution in [0.3, 0.4) is 0 Å². The molecule has 2 atom stereocenters. The average Bonchev–Trinajstić information content (AvgIpc) is 3.45. The molecule has 0 radical (unpaired) electrons. The molecule has 10 nitrogen and oxygen atoms in total. The predicted molar refractivity (Wildman–Crippen MR) is 130 cm³/mol. The van der Waals surface area contributed by atoms with Crippen LogP contribution < -0.4 is 10.1 Å². The number of ether oxygens (including phenoxy) is 2. The Kier molecular flexibility index (Phi) is 6.51. The number of alkyl halides is 3. The maximum absolute atomic E-state index is 15.3. The SMILES string of the molecule is COc1nc(N[C@H]2CCN(C3COC3)C[C@H]2F)nn2cc(F)c(-c3ccc4nnn(C(CF)CF)c4c3)c12. The highest BCUT2D eigenvalue weighted by Crippen LogP contribution is 2.36. The Hall–Kier alpha value is -3.52. The largest absolute Gasteiger partial charge is 0.479 e. The Morgan fingerprint density at radius 1 is 1.24 bits per heavy atom. The summed E-state index contributed by atoms with van der Waals surface area (Å²) >= 11 is 0. The number of nitrogens with one attached hydrogen (secondary N) is 1. The van der Waals surface area contributed by atoms with Gasteiger partial charge in [0.05, 0.1) is 49.7 Å². The first-order valence-corrected chi connectivity index (χ1v) is 12.3. The molecule has 4 aromatic rings. The molecule has 202 valence electrons. The smallest absolute Gasteiger partial charge is 0.244 e. The fraction of sp³-hybridized carbons (Fsp3) is 0.500. The van der Waals surface area contributed by atoms with Gasteiger partial charge in [0.2, 0.25) is 11.8 Å². The Bertz CT molecular complexity index is 1450. The van der Waals surface area contributed by atoms with Crippen LogP contribution in [0, 0.1) is 5.82 Å². The van der Waals surface area contributed by atoms with Crippen molar-refractivity contribution in [1.82, 2.24) is 34.5 Å². The van der Waals surface area contributed by atoms with E-state index in [1.54, 1.807) is 18.2 Å². The number of hydrogen-bond acceptors (Lipinski definition) is 8. The van der Waals surface area contributed by atoms with E-state index < -0.39 is 37.4 Å². The Morgan fingerprint density at radius 3 is 2.74 bits per heavy atom. The summed E-state index contributed by atoms with van der Waals surface area (Å²) in [6, 6.07) is 3.40. The summed E-state index contributed by atoms with van der Waals surface area (Å²) in [4.78, 5) is 6.48. The monoisotopic (exact) mass is 534 g/mol. The van der Waals surface area contributed by atoms with Crippen molar-refractivity contribution in [2.24, 2.45) is 0 Å². The van der Waals surface area contributed by atoms with Gasteiger partial charge in [-0.25, -0.2) is 26.8 Å². The van der Waals surface area contributed by atoms with Gasteiger partial charge in [-0.15, -0.1) is 10.2 Å². The number of methoxy groups -OCH3 is 1. The first-order valence-electron chi connectivity index (χ1n) is 12.3. The van der Waals surface area contributed by atoms with Crippen LogP contribution in [0.1, 0.15) is 12.5 Å². The number of hydrogen-bond donors (Lipinski definition) is 1.